The van der Waals surface area contributed by atoms with Crippen molar-refractivity contribution < 1.29 is 17.9 Å². The van der Waals surface area contributed by atoms with Crippen LogP contribution in [0.3, 0.4) is 0 Å². The third kappa shape index (κ3) is 2.51. The number of halogens is 1. The van der Waals surface area contributed by atoms with Gasteiger partial charge in [0.05, 0.1) is 28.7 Å². The van der Waals surface area contributed by atoms with Gasteiger partial charge in [0.2, 0.25) is 10.0 Å². The molecule has 2 aromatic heterocycles. The van der Waals surface area contributed by atoms with Crippen LogP contribution in [0.5, 0.6) is 5.88 Å². The zero-order chi connectivity index (χ0) is 17.8. The van der Waals surface area contributed by atoms with E-state index in [1.165, 1.54) is 35.0 Å². The number of aromatic nitrogens is 2. The standard InChI is InChI=1S/C17H14FN3O3S/c1-25(23,24)19-14-10-16-17(22)20(12-8-6-11(18)7-9-12)21(16)15-5-3-2-4-13(14)15/h2-10,19,22H,1H3/p-1. The Morgan fingerprint density at radius 2 is 1.72 bits per heavy atom. The second kappa shape index (κ2) is 5.25. The summed E-state index contributed by atoms with van der Waals surface area (Å²) in [4.78, 5) is 0. The van der Waals surface area contributed by atoms with Crippen LogP contribution in [-0.4, -0.2) is 23.9 Å². The molecule has 25 heavy (non-hydrogen) atoms. The number of pyridine rings is 1. The van der Waals surface area contributed by atoms with Crippen LogP contribution in [0.2, 0.25) is 0 Å². The van der Waals surface area contributed by atoms with Gasteiger partial charge >= 0.3 is 0 Å². The molecule has 0 unspecified atom stereocenters. The highest BCUT2D eigenvalue weighted by Crippen LogP contribution is 2.34. The summed E-state index contributed by atoms with van der Waals surface area (Å²) in [6.07, 6.45) is 1.06. The van der Waals surface area contributed by atoms with Crippen molar-refractivity contribution in [2.24, 2.45) is 0 Å². The predicted octanol–water partition coefficient (Wildman–Crippen LogP) is 2.47. The molecule has 0 saturated heterocycles. The van der Waals surface area contributed by atoms with E-state index in [4.69, 9.17) is 0 Å². The number of nitrogens with zero attached hydrogens (tertiary/aromatic N) is 2. The molecule has 128 valence electrons. The van der Waals surface area contributed by atoms with Gasteiger partial charge in [0.1, 0.15) is 5.82 Å². The molecule has 0 aliphatic heterocycles. The zero-order valence-corrected chi connectivity index (χ0v) is 13.9. The number of para-hydroxylation sites is 1. The molecule has 0 aliphatic rings. The summed E-state index contributed by atoms with van der Waals surface area (Å²) in [5.74, 6) is -0.687. The summed E-state index contributed by atoms with van der Waals surface area (Å²) < 4.78 is 41.9. The summed E-state index contributed by atoms with van der Waals surface area (Å²) in [6, 6.07) is 14.2. The summed E-state index contributed by atoms with van der Waals surface area (Å²) in [7, 11) is -3.49. The van der Waals surface area contributed by atoms with Gasteiger partial charge in [-0.25, -0.2) is 17.3 Å². The Bertz CT molecular complexity index is 1210. The maximum absolute atomic E-state index is 13.2. The molecule has 0 radical (unpaired) electrons. The lowest BCUT2D eigenvalue weighted by molar-refractivity contribution is -0.280. The van der Waals surface area contributed by atoms with Crippen molar-refractivity contribution in [1.29, 1.82) is 0 Å². The Kier molecular flexibility index (Phi) is 3.26. The van der Waals surface area contributed by atoms with Crippen molar-refractivity contribution >= 4 is 32.1 Å². The monoisotopic (exact) mass is 358 g/mol. The van der Waals surface area contributed by atoms with E-state index in [2.05, 4.69) is 4.72 Å². The molecule has 0 atom stereocenters. The van der Waals surface area contributed by atoms with Crippen molar-refractivity contribution in [3.63, 3.8) is 0 Å². The molecule has 4 aromatic rings. The van der Waals surface area contributed by atoms with Gasteiger partial charge in [-0.3, -0.25) is 9.40 Å². The van der Waals surface area contributed by atoms with Crippen LogP contribution in [0.15, 0.2) is 54.6 Å². The fourth-order valence-electron chi connectivity index (χ4n) is 2.91. The Morgan fingerprint density at radius 1 is 1.04 bits per heavy atom. The van der Waals surface area contributed by atoms with Crippen LogP contribution in [-0.2, 0) is 10.0 Å². The van der Waals surface area contributed by atoms with Crippen molar-refractivity contribution in [1.82, 2.24) is 9.20 Å². The van der Waals surface area contributed by atoms with E-state index in [1.54, 1.807) is 28.8 Å². The first-order chi connectivity index (χ1) is 11.8. The van der Waals surface area contributed by atoms with E-state index in [1.807, 2.05) is 0 Å². The Balaban J connectivity index is 2.03. The minimum atomic E-state index is -3.49. The van der Waals surface area contributed by atoms with Crippen molar-refractivity contribution in [2.45, 2.75) is 0 Å². The largest absolute Gasteiger partial charge is 0.857 e. The normalized spacial score (nSPS) is 12.1. The number of sulfonamides is 1. The molecule has 4 rings (SSSR count). The van der Waals surface area contributed by atoms with Gasteiger partial charge in [0.15, 0.2) is 0 Å². The quantitative estimate of drug-likeness (QED) is 0.611. The second-order valence-electron chi connectivity index (χ2n) is 5.74. The van der Waals surface area contributed by atoms with Gasteiger partial charge in [-0.2, -0.15) is 0 Å². The first-order valence-corrected chi connectivity index (χ1v) is 9.30. The second-order valence-corrected chi connectivity index (χ2v) is 7.49. The van der Waals surface area contributed by atoms with E-state index in [-0.39, 0.29) is 11.7 Å². The first-order valence-electron chi connectivity index (χ1n) is 7.41. The predicted molar refractivity (Wildman–Crippen MR) is 92.1 cm³/mol. The van der Waals surface area contributed by atoms with Gasteiger partial charge in [-0.05, 0) is 36.4 Å². The zero-order valence-electron chi connectivity index (χ0n) is 13.1. The minimum absolute atomic E-state index is 0.297. The van der Waals surface area contributed by atoms with Crippen LogP contribution < -0.4 is 9.83 Å². The molecule has 0 amide bonds. The SMILES string of the molecule is CS(=O)(=O)Nc1cc2c([O-])n(-c3ccc(F)cc3)n2c2ccccc12. The Hall–Kier alpha value is -3.00. The molecule has 0 aliphatic carbocycles. The molecular formula is C17H13FN3O3S-. The average Bonchev–Trinajstić information content (AvgIpc) is 2.56. The van der Waals surface area contributed by atoms with E-state index in [0.29, 0.717) is 27.8 Å². The maximum atomic E-state index is 13.2. The highest BCUT2D eigenvalue weighted by molar-refractivity contribution is 7.92. The molecule has 0 bridgehead atoms. The van der Waals surface area contributed by atoms with Crippen molar-refractivity contribution in [3.05, 3.63) is 60.4 Å². The number of hydrogen-bond donors (Lipinski definition) is 1. The third-order valence-corrected chi connectivity index (χ3v) is 4.50. The van der Waals surface area contributed by atoms with Crippen LogP contribution in [0, 0.1) is 5.82 Å². The lowest BCUT2D eigenvalue weighted by Crippen LogP contribution is -2.22. The first kappa shape index (κ1) is 15.5. The highest BCUT2D eigenvalue weighted by Gasteiger charge is 2.16. The molecule has 2 aromatic carbocycles. The number of nitrogens with one attached hydrogen (secondary N) is 1. The average molecular weight is 358 g/mol. The van der Waals surface area contributed by atoms with Crippen molar-refractivity contribution in [2.75, 3.05) is 11.0 Å². The fourth-order valence-corrected chi connectivity index (χ4v) is 3.48. The number of anilines is 1. The molecule has 6 nitrogen and oxygen atoms in total. The lowest BCUT2D eigenvalue weighted by atomic mass is 10.1. The summed E-state index contributed by atoms with van der Waals surface area (Å²) >= 11 is 0. The summed E-state index contributed by atoms with van der Waals surface area (Å²) in [5.41, 5.74) is 1.87. The van der Waals surface area contributed by atoms with E-state index in [0.717, 1.165) is 6.26 Å². The molecule has 0 fully saturated rings. The fraction of sp³-hybridized carbons (Fsp3) is 0.0588. The van der Waals surface area contributed by atoms with Gasteiger partial charge < -0.3 is 5.11 Å². The minimum Gasteiger partial charge on any atom is -0.857 e. The maximum Gasteiger partial charge on any atom is 0.229 e. The molecule has 1 N–H and O–H groups in total. The van der Waals surface area contributed by atoms with Gasteiger partial charge in [-0.1, -0.05) is 18.2 Å². The summed E-state index contributed by atoms with van der Waals surface area (Å²) in [5, 5.41) is 13.2. The molecule has 8 heteroatoms. The molecule has 2 heterocycles. The highest BCUT2D eigenvalue weighted by atomic mass is 32.2. The van der Waals surface area contributed by atoms with E-state index < -0.39 is 10.0 Å². The van der Waals surface area contributed by atoms with Gasteiger partial charge in [-0.15, -0.1) is 0 Å². The molecular weight excluding hydrogens is 345 g/mol. The topological polar surface area (TPSA) is 78.6 Å². The Labute approximate surface area is 142 Å². The molecule has 0 spiro atoms. The third-order valence-electron chi connectivity index (χ3n) is 3.91. The number of benzene rings is 2. The lowest BCUT2D eigenvalue weighted by Gasteiger charge is -2.31. The van der Waals surface area contributed by atoms with Crippen LogP contribution in [0.4, 0.5) is 10.1 Å². The smallest absolute Gasteiger partial charge is 0.229 e. The number of hydrogen-bond acceptors (Lipinski definition) is 3. The summed E-state index contributed by atoms with van der Waals surface area (Å²) in [6.45, 7) is 0. The van der Waals surface area contributed by atoms with Gasteiger partial charge in [0.25, 0.3) is 0 Å². The van der Waals surface area contributed by atoms with Crippen LogP contribution in [0.1, 0.15) is 0 Å². The van der Waals surface area contributed by atoms with Crippen molar-refractivity contribution in [3.8, 4) is 11.6 Å². The Morgan fingerprint density at radius 3 is 2.40 bits per heavy atom. The molecule has 0 saturated carbocycles. The van der Waals surface area contributed by atoms with Gasteiger partial charge in [0, 0.05) is 11.3 Å². The van der Waals surface area contributed by atoms with Crippen LogP contribution in [0.25, 0.3) is 22.1 Å². The van der Waals surface area contributed by atoms with Crippen LogP contribution >= 0.6 is 0 Å². The number of rotatable bonds is 3. The number of fused-ring (bicyclic) bond motifs is 3. The van der Waals surface area contributed by atoms with E-state index in [9.17, 15) is 17.9 Å². The van der Waals surface area contributed by atoms with E-state index >= 15 is 0 Å².